The van der Waals surface area contributed by atoms with E-state index < -0.39 is 0 Å². The second kappa shape index (κ2) is 5.45. The summed E-state index contributed by atoms with van der Waals surface area (Å²) in [6, 6.07) is 15.2. The van der Waals surface area contributed by atoms with Crippen LogP contribution in [0.3, 0.4) is 0 Å². The minimum Gasteiger partial charge on any atom is -0.508 e. The highest BCUT2D eigenvalue weighted by Gasteiger charge is 1.99. The van der Waals surface area contributed by atoms with E-state index in [2.05, 4.69) is 36.8 Å². The normalized spacial score (nSPS) is 10.4. The number of phenols is 1. The number of benzene rings is 2. The summed E-state index contributed by atoms with van der Waals surface area (Å²) in [5.41, 5.74) is 9.46. The standard InChI is InChI=1S/C15H18N2O/c1-11(2)12-4-3-5-14(10-12)17-16-13-6-8-15(18)9-7-13/h3-11,16-18H,1-2H3. The lowest BCUT2D eigenvalue weighted by atomic mass is 10.0. The zero-order valence-corrected chi connectivity index (χ0v) is 10.6. The van der Waals surface area contributed by atoms with E-state index in [1.54, 1.807) is 12.1 Å². The second-order valence-electron chi connectivity index (χ2n) is 4.58. The molecule has 0 saturated carbocycles. The van der Waals surface area contributed by atoms with Crippen LogP contribution in [0.25, 0.3) is 0 Å². The number of hydrogen-bond donors (Lipinski definition) is 3. The Bertz CT molecular complexity index is 506. The molecule has 3 nitrogen and oxygen atoms in total. The lowest BCUT2D eigenvalue weighted by molar-refractivity contribution is 0.475. The summed E-state index contributed by atoms with van der Waals surface area (Å²) in [7, 11) is 0. The first kappa shape index (κ1) is 12.3. The van der Waals surface area contributed by atoms with Crippen molar-refractivity contribution < 1.29 is 5.11 Å². The molecule has 94 valence electrons. The third kappa shape index (κ3) is 3.17. The Morgan fingerprint density at radius 2 is 1.56 bits per heavy atom. The van der Waals surface area contributed by atoms with Crippen LogP contribution in [-0.2, 0) is 0 Å². The molecule has 0 aliphatic rings. The first-order valence-corrected chi connectivity index (χ1v) is 6.06. The van der Waals surface area contributed by atoms with Crippen molar-refractivity contribution in [1.82, 2.24) is 0 Å². The SMILES string of the molecule is CC(C)c1cccc(NNc2ccc(O)cc2)c1. The predicted octanol–water partition coefficient (Wildman–Crippen LogP) is 3.95. The number of aromatic hydroxyl groups is 1. The zero-order chi connectivity index (χ0) is 13.0. The Morgan fingerprint density at radius 3 is 2.22 bits per heavy atom. The summed E-state index contributed by atoms with van der Waals surface area (Å²) in [4.78, 5) is 0. The molecule has 0 heterocycles. The van der Waals surface area contributed by atoms with Gasteiger partial charge >= 0.3 is 0 Å². The van der Waals surface area contributed by atoms with Gasteiger partial charge in [0.15, 0.2) is 0 Å². The summed E-state index contributed by atoms with van der Waals surface area (Å²) in [5, 5.41) is 9.19. The smallest absolute Gasteiger partial charge is 0.115 e. The van der Waals surface area contributed by atoms with E-state index in [-0.39, 0.29) is 5.75 Å². The van der Waals surface area contributed by atoms with E-state index in [0.29, 0.717) is 5.92 Å². The van der Waals surface area contributed by atoms with E-state index in [9.17, 15) is 5.11 Å². The molecule has 0 aromatic heterocycles. The van der Waals surface area contributed by atoms with Crippen LogP contribution in [0.1, 0.15) is 25.3 Å². The lowest BCUT2D eigenvalue weighted by Crippen LogP contribution is -2.08. The average molecular weight is 242 g/mol. The zero-order valence-electron chi connectivity index (χ0n) is 10.6. The van der Waals surface area contributed by atoms with Gasteiger partial charge in [0.05, 0.1) is 11.4 Å². The molecule has 0 spiro atoms. The first-order chi connectivity index (χ1) is 8.65. The van der Waals surface area contributed by atoms with Gasteiger partial charge in [-0.1, -0.05) is 26.0 Å². The predicted molar refractivity (Wildman–Crippen MR) is 75.9 cm³/mol. The molecule has 2 aromatic carbocycles. The van der Waals surface area contributed by atoms with Gasteiger partial charge in [-0.3, -0.25) is 0 Å². The van der Waals surface area contributed by atoms with E-state index in [4.69, 9.17) is 0 Å². The van der Waals surface area contributed by atoms with E-state index in [1.807, 2.05) is 24.3 Å². The molecule has 0 aliphatic carbocycles. The molecule has 0 amide bonds. The van der Waals surface area contributed by atoms with Gasteiger partial charge in [-0.25, -0.2) is 0 Å². The molecule has 0 radical (unpaired) electrons. The van der Waals surface area contributed by atoms with Crippen LogP contribution in [0.2, 0.25) is 0 Å². The van der Waals surface area contributed by atoms with Gasteiger partial charge in [0.2, 0.25) is 0 Å². The third-order valence-corrected chi connectivity index (χ3v) is 2.77. The highest BCUT2D eigenvalue weighted by molar-refractivity contribution is 5.54. The Hall–Kier alpha value is -2.16. The molecule has 0 saturated heterocycles. The van der Waals surface area contributed by atoms with Crippen LogP contribution in [-0.4, -0.2) is 5.11 Å². The van der Waals surface area contributed by atoms with Gasteiger partial charge in [0, 0.05) is 0 Å². The fourth-order valence-electron chi connectivity index (χ4n) is 1.66. The fraction of sp³-hybridized carbons (Fsp3) is 0.200. The lowest BCUT2D eigenvalue weighted by Gasteiger charge is -2.12. The van der Waals surface area contributed by atoms with Gasteiger partial charge in [-0.05, 0) is 47.9 Å². The van der Waals surface area contributed by atoms with Crippen LogP contribution in [0.5, 0.6) is 5.75 Å². The molecule has 0 atom stereocenters. The fourth-order valence-corrected chi connectivity index (χ4v) is 1.66. The van der Waals surface area contributed by atoms with Gasteiger partial charge in [0.1, 0.15) is 5.75 Å². The number of rotatable bonds is 4. The van der Waals surface area contributed by atoms with Crippen molar-refractivity contribution in [2.45, 2.75) is 19.8 Å². The number of hydrogen-bond acceptors (Lipinski definition) is 3. The molecule has 0 aliphatic heterocycles. The van der Waals surface area contributed by atoms with Gasteiger partial charge in [0.25, 0.3) is 0 Å². The van der Waals surface area contributed by atoms with Crippen molar-refractivity contribution in [2.24, 2.45) is 0 Å². The second-order valence-corrected chi connectivity index (χ2v) is 4.58. The maximum Gasteiger partial charge on any atom is 0.115 e. The number of hydrazine groups is 1. The Morgan fingerprint density at radius 1 is 0.889 bits per heavy atom. The maximum absolute atomic E-state index is 9.19. The van der Waals surface area contributed by atoms with Gasteiger partial charge in [-0.15, -0.1) is 0 Å². The summed E-state index contributed by atoms with van der Waals surface area (Å²) < 4.78 is 0. The van der Waals surface area contributed by atoms with Crippen LogP contribution < -0.4 is 10.9 Å². The molecule has 3 N–H and O–H groups in total. The van der Waals surface area contributed by atoms with Crippen LogP contribution in [0.15, 0.2) is 48.5 Å². The number of anilines is 2. The van der Waals surface area contributed by atoms with E-state index >= 15 is 0 Å². The molecular formula is C15H18N2O. The molecule has 0 fully saturated rings. The summed E-state index contributed by atoms with van der Waals surface area (Å²) in [6.45, 7) is 4.35. The van der Waals surface area contributed by atoms with Crippen molar-refractivity contribution in [2.75, 3.05) is 10.9 Å². The first-order valence-electron chi connectivity index (χ1n) is 6.06. The van der Waals surface area contributed by atoms with Crippen molar-refractivity contribution in [3.63, 3.8) is 0 Å². The molecule has 2 aromatic rings. The minimum absolute atomic E-state index is 0.266. The Balaban J connectivity index is 2.01. The summed E-state index contributed by atoms with van der Waals surface area (Å²) in [5.74, 6) is 0.780. The molecule has 18 heavy (non-hydrogen) atoms. The number of nitrogens with one attached hydrogen (secondary N) is 2. The molecule has 2 rings (SSSR count). The van der Waals surface area contributed by atoms with Gasteiger partial charge < -0.3 is 16.0 Å². The van der Waals surface area contributed by atoms with Crippen molar-refractivity contribution in [1.29, 1.82) is 0 Å². The summed E-state index contributed by atoms with van der Waals surface area (Å²) in [6.07, 6.45) is 0. The maximum atomic E-state index is 9.19. The van der Waals surface area contributed by atoms with Crippen molar-refractivity contribution in [3.05, 3.63) is 54.1 Å². The summed E-state index contributed by atoms with van der Waals surface area (Å²) >= 11 is 0. The Labute approximate surface area is 107 Å². The van der Waals surface area contributed by atoms with Crippen LogP contribution >= 0.6 is 0 Å². The molecule has 0 bridgehead atoms. The van der Waals surface area contributed by atoms with Crippen LogP contribution in [0.4, 0.5) is 11.4 Å². The number of phenolic OH excluding ortho intramolecular Hbond substituents is 1. The topological polar surface area (TPSA) is 44.3 Å². The molecule has 0 unspecified atom stereocenters. The quantitative estimate of drug-likeness (QED) is 0.561. The van der Waals surface area contributed by atoms with Gasteiger partial charge in [-0.2, -0.15) is 0 Å². The third-order valence-electron chi connectivity index (χ3n) is 2.77. The van der Waals surface area contributed by atoms with Crippen LogP contribution in [0, 0.1) is 0 Å². The highest BCUT2D eigenvalue weighted by atomic mass is 16.3. The Kier molecular flexibility index (Phi) is 3.72. The molecular weight excluding hydrogens is 224 g/mol. The van der Waals surface area contributed by atoms with E-state index in [0.717, 1.165) is 11.4 Å². The van der Waals surface area contributed by atoms with Crippen molar-refractivity contribution >= 4 is 11.4 Å². The van der Waals surface area contributed by atoms with E-state index in [1.165, 1.54) is 5.56 Å². The largest absolute Gasteiger partial charge is 0.508 e. The highest BCUT2D eigenvalue weighted by Crippen LogP contribution is 2.19. The monoisotopic (exact) mass is 242 g/mol. The van der Waals surface area contributed by atoms with Crippen molar-refractivity contribution in [3.8, 4) is 5.75 Å². The molecule has 3 heteroatoms. The minimum atomic E-state index is 0.266. The average Bonchev–Trinajstić information content (AvgIpc) is 2.38.